The third-order valence-corrected chi connectivity index (χ3v) is 2.77. The van der Waals surface area contributed by atoms with E-state index in [2.05, 4.69) is 31.1 Å². The molecule has 0 radical (unpaired) electrons. The molecule has 1 atom stereocenters. The van der Waals surface area contributed by atoms with Crippen LogP contribution in [0.1, 0.15) is 42.5 Å². The van der Waals surface area contributed by atoms with Crippen LogP contribution in [0.4, 0.5) is 0 Å². The number of rotatable bonds is 0. The Bertz CT molecular complexity index is 291. The molecule has 0 saturated heterocycles. The van der Waals surface area contributed by atoms with Gasteiger partial charge in [0, 0.05) is 11.9 Å². The molecule has 0 bridgehead atoms. The fraction of sp³-hybridized carbons (Fsp3) is 0.545. The molecule has 1 unspecified atom stereocenters. The van der Waals surface area contributed by atoms with Crippen molar-refractivity contribution >= 4 is 0 Å². The molecule has 1 aromatic heterocycles. The van der Waals surface area contributed by atoms with Crippen molar-refractivity contribution in [2.24, 2.45) is 0 Å². The van der Waals surface area contributed by atoms with Crippen molar-refractivity contribution in [2.45, 2.75) is 39.0 Å². The number of fused-ring (bicyclic) bond motifs is 1. The highest BCUT2D eigenvalue weighted by atomic mass is 14.7. The summed E-state index contributed by atoms with van der Waals surface area (Å²) in [6.07, 6.45) is 5.96. The van der Waals surface area contributed by atoms with Crippen LogP contribution in [0.15, 0.2) is 12.3 Å². The van der Waals surface area contributed by atoms with E-state index in [0.717, 1.165) is 11.6 Å². The molecule has 0 spiro atoms. The third kappa shape index (κ3) is 1.24. The van der Waals surface area contributed by atoms with Crippen molar-refractivity contribution in [1.29, 1.82) is 0 Å². The second-order valence-corrected chi connectivity index (χ2v) is 3.82. The first kappa shape index (κ1) is 7.78. The van der Waals surface area contributed by atoms with Gasteiger partial charge in [-0.05, 0) is 49.3 Å². The number of pyridine rings is 1. The lowest BCUT2D eigenvalue weighted by atomic mass is 9.85. The lowest BCUT2D eigenvalue weighted by Crippen LogP contribution is -2.07. The van der Waals surface area contributed by atoms with E-state index in [9.17, 15) is 0 Å². The van der Waals surface area contributed by atoms with Gasteiger partial charge in [-0.1, -0.05) is 6.92 Å². The Morgan fingerprint density at radius 1 is 1.50 bits per heavy atom. The third-order valence-electron chi connectivity index (χ3n) is 2.77. The van der Waals surface area contributed by atoms with E-state index in [-0.39, 0.29) is 0 Å². The highest BCUT2D eigenvalue weighted by Gasteiger charge is 2.15. The van der Waals surface area contributed by atoms with Crippen molar-refractivity contribution in [2.75, 3.05) is 0 Å². The smallest absolute Gasteiger partial charge is 0.0375 e. The number of aromatic nitrogens is 1. The number of hydrogen-bond donors (Lipinski definition) is 0. The molecule has 12 heavy (non-hydrogen) atoms. The summed E-state index contributed by atoms with van der Waals surface area (Å²) < 4.78 is 0. The first-order chi connectivity index (χ1) is 5.77. The van der Waals surface area contributed by atoms with Gasteiger partial charge in [0.2, 0.25) is 0 Å². The molecular formula is C11H15N. The van der Waals surface area contributed by atoms with Gasteiger partial charge >= 0.3 is 0 Å². The Morgan fingerprint density at radius 3 is 3.17 bits per heavy atom. The molecule has 2 rings (SSSR count). The van der Waals surface area contributed by atoms with Crippen LogP contribution >= 0.6 is 0 Å². The molecule has 1 aromatic rings. The van der Waals surface area contributed by atoms with E-state index >= 15 is 0 Å². The maximum atomic E-state index is 4.33. The number of hydrogen-bond acceptors (Lipinski definition) is 1. The van der Waals surface area contributed by atoms with Crippen molar-refractivity contribution in [1.82, 2.24) is 4.98 Å². The topological polar surface area (TPSA) is 12.9 Å². The Labute approximate surface area is 73.8 Å². The van der Waals surface area contributed by atoms with Crippen LogP contribution in [-0.2, 0) is 6.42 Å². The summed E-state index contributed by atoms with van der Waals surface area (Å²) in [6.45, 7) is 4.39. The van der Waals surface area contributed by atoms with E-state index in [1.54, 1.807) is 0 Å². The molecule has 1 nitrogen and oxygen atoms in total. The molecule has 0 aliphatic heterocycles. The summed E-state index contributed by atoms with van der Waals surface area (Å²) in [6, 6.07) is 2.25. The quantitative estimate of drug-likeness (QED) is 0.570. The van der Waals surface area contributed by atoms with Gasteiger partial charge in [-0.2, -0.15) is 0 Å². The van der Waals surface area contributed by atoms with Crippen LogP contribution in [-0.4, -0.2) is 4.98 Å². The van der Waals surface area contributed by atoms with Crippen LogP contribution in [0, 0.1) is 6.92 Å². The van der Waals surface area contributed by atoms with Crippen molar-refractivity contribution in [3.05, 3.63) is 29.1 Å². The monoisotopic (exact) mass is 161 g/mol. The summed E-state index contributed by atoms with van der Waals surface area (Å²) in [5, 5.41) is 0. The lowest BCUT2D eigenvalue weighted by Gasteiger charge is -2.21. The van der Waals surface area contributed by atoms with Gasteiger partial charge in [0.1, 0.15) is 0 Å². The zero-order valence-corrected chi connectivity index (χ0v) is 7.80. The van der Waals surface area contributed by atoms with Gasteiger partial charge < -0.3 is 0 Å². The maximum Gasteiger partial charge on any atom is 0.0375 e. The molecule has 0 aromatic carbocycles. The Kier molecular flexibility index (Phi) is 1.87. The van der Waals surface area contributed by atoms with E-state index < -0.39 is 0 Å². The summed E-state index contributed by atoms with van der Waals surface area (Å²) >= 11 is 0. The minimum Gasteiger partial charge on any atom is -0.261 e. The average molecular weight is 161 g/mol. The molecule has 64 valence electrons. The summed E-state index contributed by atoms with van der Waals surface area (Å²) in [5.41, 5.74) is 4.16. The molecule has 0 N–H and O–H groups in total. The second-order valence-electron chi connectivity index (χ2n) is 3.82. The van der Waals surface area contributed by atoms with E-state index in [4.69, 9.17) is 0 Å². The van der Waals surface area contributed by atoms with Gasteiger partial charge in [-0.3, -0.25) is 4.98 Å². The molecule has 1 heterocycles. The molecule has 1 aliphatic rings. The minimum absolute atomic E-state index is 0.746. The van der Waals surface area contributed by atoms with Gasteiger partial charge in [0.25, 0.3) is 0 Å². The van der Waals surface area contributed by atoms with Gasteiger partial charge in [0.05, 0.1) is 0 Å². The van der Waals surface area contributed by atoms with Crippen molar-refractivity contribution in [3.8, 4) is 0 Å². The number of nitrogens with zero attached hydrogens (tertiary/aromatic N) is 1. The van der Waals surface area contributed by atoms with Crippen LogP contribution in [0.25, 0.3) is 0 Å². The largest absolute Gasteiger partial charge is 0.261 e. The highest BCUT2D eigenvalue weighted by molar-refractivity contribution is 5.31. The van der Waals surface area contributed by atoms with Gasteiger partial charge in [-0.25, -0.2) is 0 Å². The van der Waals surface area contributed by atoms with Crippen LogP contribution in [0.3, 0.4) is 0 Å². The molecular weight excluding hydrogens is 146 g/mol. The standard InChI is InChI=1S/C11H15N/c1-8-4-3-5-10-7-12-9(2)6-11(8)10/h6-8H,3-5H2,1-2H3. The second kappa shape index (κ2) is 2.89. The van der Waals surface area contributed by atoms with Crippen molar-refractivity contribution < 1.29 is 0 Å². The first-order valence-corrected chi connectivity index (χ1v) is 4.73. The first-order valence-electron chi connectivity index (χ1n) is 4.73. The normalized spacial score (nSPS) is 22.0. The van der Waals surface area contributed by atoms with Crippen LogP contribution in [0.2, 0.25) is 0 Å². The van der Waals surface area contributed by atoms with Gasteiger partial charge in [0.15, 0.2) is 0 Å². The number of aryl methyl sites for hydroxylation is 2. The van der Waals surface area contributed by atoms with E-state index in [1.165, 1.54) is 30.4 Å². The molecule has 0 amide bonds. The minimum atomic E-state index is 0.746. The fourth-order valence-electron chi connectivity index (χ4n) is 2.03. The van der Waals surface area contributed by atoms with E-state index in [1.807, 2.05) is 0 Å². The lowest BCUT2D eigenvalue weighted by molar-refractivity contribution is 0.587. The highest BCUT2D eigenvalue weighted by Crippen LogP contribution is 2.30. The summed E-state index contributed by atoms with van der Waals surface area (Å²) in [5.74, 6) is 0.746. The molecule has 1 heteroatoms. The fourth-order valence-corrected chi connectivity index (χ4v) is 2.03. The zero-order chi connectivity index (χ0) is 8.55. The predicted molar refractivity (Wildman–Crippen MR) is 50.3 cm³/mol. The van der Waals surface area contributed by atoms with Crippen LogP contribution in [0.5, 0.6) is 0 Å². The average Bonchev–Trinajstić information content (AvgIpc) is 2.07. The van der Waals surface area contributed by atoms with Crippen molar-refractivity contribution in [3.63, 3.8) is 0 Å². The summed E-state index contributed by atoms with van der Waals surface area (Å²) in [4.78, 5) is 4.33. The Morgan fingerprint density at radius 2 is 2.33 bits per heavy atom. The zero-order valence-electron chi connectivity index (χ0n) is 7.80. The molecule has 0 saturated carbocycles. The van der Waals surface area contributed by atoms with Crippen LogP contribution < -0.4 is 0 Å². The molecule has 1 aliphatic carbocycles. The van der Waals surface area contributed by atoms with E-state index in [0.29, 0.717) is 0 Å². The van der Waals surface area contributed by atoms with Gasteiger partial charge in [-0.15, -0.1) is 0 Å². The summed E-state index contributed by atoms with van der Waals surface area (Å²) in [7, 11) is 0. The Hall–Kier alpha value is -0.850. The molecule has 0 fully saturated rings. The maximum absolute atomic E-state index is 4.33. The Balaban J connectivity index is 2.47. The SMILES string of the molecule is Cc1cc2c(cn1)CCCC2C. The predicted octanol–water partition coefficient (Wildman–Crippen LogP) is 2.83.